The molecule has 1 aromatic heterocycles. The number of aryl methyl sites for hydroxylation is 2. The highest BCUT2D eigenvalue weighted by molar-refractivity contribution is 5.14. The highest BCUT2D eigenvalue weighted by Crippen LogP contribution is 2.31. The SMILES string of the molecule is Cc1cc(C(NN)C(C)(C)C)n(C)n1. The minimum Gasteiger partial charge on any atom is -0.271 e. The minimum atomic E-state index is 0.0784. The van der Waals surface area contributed by atoms with Gasteiger partial charge in [0, 0.05) is 7.05 Å². The largest absolute Gasteiger partial charge is 0.271 e. The van der Waals surface area contributed by atoms with Crippen molar-refractivity contribution >= 4 is 0 Å². The van der Waals surface area contributed by atoms with Gasteiger partial charge in [-0.2, -0.15) is 5.10 Å². The van der Waals surface area contributed by atoms with Crippen LogP contribution in [0.5, 0.6) is 0 Å². The van der Waals surface area contributed by atoms with Crippen LogP contribution in [0.15, 0.2) is 6.07 Å². The van der Waals surface area contributed by atoms with Crippen molar-refractivity contribution in [2.45, 2.75) is 33.7 Å². The number of nitrogens with one attached hydrogen (secondary N) is 1. The molecule has 0 saturated heterocycles. The summed E-state index contributed by atoms with van der Waals surface area (Å²) in [6.45, 7) is 8.44. The van der Waals surface area contributed by atoms with E-state index in [1.54, 1.807) is 0 Å². The fourth-order valence-electron chi connectivity index (χ4n) is 1.68. The highest BCUT2D eigenvalue weighted by atomic mass is 15.3. The molecule has 0 aliphatic rings. The zero-order valence-corrected chi connectivity index (χ0v) is 9.63. The van der Waals surface area contributed by atoms with Crippen LogP contribution in [0.2, 0.25) is 0 Å². The lowest BCUT2D eigenvalue weighted by Gasteiger charge is -2.29. The van der Waals surface area contributed by atoms with Crippen LogP contribution in [-0.2, 0) is 7.05 Å². The molecular weight excluding hydrogens is 176 g/mol. The first-order valence-corrected chi connectivity index (χ1v) is 4.83. The first-order valence-electron chi connectivity index (χ1n) is 4.83. The van der Waals surface area contributed by atoms with Crippen molar-refractivity contribution in [3.05, 3.63) is 17.5 Å². The molecule has 0 spiro atoms. The lowest BCUT2D eigenvalue weighted by Crippen LogP contribution is -2.38. The Hall–Kier alpha value is -0.870. The van der Waals surface area contributed by atoms with Gasteiger partial charge in [0.25, 0.3) is 0 Å². The van der Waals surface area contributed by atoms with E-state index in [-0.39, 0.29) is 11.5 Å². The molecule has 0 saturated carbocycles. The van der Waals surface area contributed by atoms with Crippen molar-refractivity contribution in [1.29, 1.82) is 0 Å². The Bertz CT molecular complexity index is 308. The van der Waals surface area contributed by atoms with Crippen molar-refractivity contribution in [1.82, 2.24) is 15.2 Å². The lowest BCUT2D eigenvalue weighted by molar-refractivity contribution is 0.263. The van der Waals surface area contributed by atoms with Crippen molar-refractivity contribution in [2.24, 2.45) is 18.3 Å². The number of hydrogen-bond acceptors (Lipinski definition) is 3. The van der Waals surface area contributed by atoms with Crippen LogP contribution in [0.3, 0.4) is 0 Å². The third-order valence-corrected chi connectivity index (χ3v) is 2.37. The smallest absolute Gasteiger partial charge is 0.0677 e. The number of hydrogen-bond donors (Lipinski definition) is 2. The van der Waals surface area contributed by atoms with Crippen LogP contribution in [0.1, 0.15) is 38.2 Å². The fraction of sp³-hybridized carbons (Fsp3) is 0.700. The van der Waals surface area contributed by atoms with Crippen LogP contribution in [0.25, 0.3) is 0 Å². The van der Waals surface area contributed by atoms with E-state index < -0.39 is 0 Å². The van der Waals surface area contributed by atoms with Gasteiger partial charge in [0.2, 0.25) is 0 Å². The number of hydrazine groups is 1. The first-order chi connectivity index (χ1) is 6.36. The van der Waals surface area contributed by atoms with Crippen LogP contribution in [-0.4, -0.2) is 9.78 Å². The number of nitrogens with two attached hydrogens (primary N) is 1. The first kappa shape index (κ1) is 11.2. The maximum Gasteiger partial charge on any atom is 0.0677 e. The molecule has 4 nitrogen and oxygen atoms in total. The van der Waals surface area contributed by atoms with Gasteiger partial charge >= 0.3 is 0 Å². The predicted octanol–water partition coefficient (Wildman–Crippen LogP) is 1.28. The Morgan fingerprint density at radius 1 is 1.50 bits per heavy atom. The summed E-state index contributed by atoms with van der Waals surface area (Å²) in [5, 5.41) is 4.31. The number of aromatic nitrogens is 2. The summed E-state index contributed by atoms with van der Waals surface area (Å²) in [4.78, 5) is 0. The van der Waals surface area contributed by atoms with Crippen molar-refractivity contribution in [3.63, 3.8) is 0 Å². The molecule has 0 radical (unpaired) electrons. The Morgan fingerprint density at radius 2 is 2.07 bits per heavy atom. The molecule has 4 heteroatoms. The molecule has 1 atom stereocenters. The average Bonchev–Trinajstić information content (AvgIpc) is 2.29. The Kier molecular flexibility index (Phi) is 2.97. The summed E-state index contributed by atoms with van der Waals surface area (Å²) < 4.78 is 1.88. The maximum atomic E-state index is 5.58. The molecule has 1 unspecified atom stereocenters. The molecule has 0 aliphatic carbocycles. The molecule has 3 N–H and O–H groups in total. The molecule has 0 bridgehead atoms. The van der Waals surface area contributed by atoms with E-state index in [4.69, 9.17) is 5.84 Å². The van der Waals surface area contributed by atoms with Gasteiger partial charge in [-0.1, -0.05) is 20.8 Å². The van der Waals surface area contributed by atoms with E-state index in [9.17, 15) is 0 Å². The summed E-state index contributed by atoms with van der Waals surface area (Å²) in [7, 11) is 1.94. The van der Waals surface area contributed by atoms with Gasteiger partial charge in [-0.3, -0.25) is 16.0 Å². The molecule has 0 fully saturated rings. The second-order valence-electron chi connectivity index (χ2n) is 4.80. The van der Waals surface area contributed by atoms with Gasteiger partial charge in [-0.15, -0.1) is 0 Å². The standard InChI is InChI=1S/C10H20N4/c1-7-6-8(14(5)13-7)9(12-11)10(2,3)4/h6,9,12H,11H2,1-5H3. The summed E-state index contributed by atoms with van der Waals surface area (Å²) in [5.74, 6) is 5.58. The van der Waals surface area contributed by atoms with E-state index in [0.717, 1.165) is 11.4 Å². The van der Waals surface area contributed by atoms with E-state index in [1.165, 1.54) is 0 Å². The van der Waals surface area contributed by atoms with Gasteiger partial charge in [-0.05, 0) is 18.4 Å². The van der Waals surface area contributed by atoms with Crippen molar-refractivity contribution < 1.29 is 0 Å². The topological polar surface area (TPSA) is 55.9 Å². The average molecular weight is 196 g/mol. The summed E-state index contributed by atoms with van der Waals surface area (Å²) >= 11 is 0. The summed E-state index contributed by atoms with van der Waals surface area (Å²) in [5.41, 5.74) is 5.07. The van der Waals surface area contributed by atoms with Gasteiger partial charge in [0.1, 0.15) is 0 Å². The molecule has 1 aromatic rings. The Morgan fingerprint density at radius 3 is 2.36 bits per heavy atom. The van der Waals surface area contributed by atoms with Gasteiger partial charge in [-0.25, -0.2) is 0 Å². The van der Waals surface area contributed by atoms with Gasteiger partial charge in [0.15, 0.2) is 0 Å². The Labute approximate surface area is 85.5 Å². The molecule has 0 aromatic carbocycles. The highest BCUT2D eigenvalue weighted by Gasteiger charge is 2.27. The maximum absolute atomic E-state index is 5.58. The normalized spacial score (nSPS) is 14.4. The molecule has 1 rings (SSSR count). The molecule has 14 heavy (non-hydrogen) atoms. The monoisotopic (exact) mass is 196 g/mol. The van der Waals surface area contributed by atoms with E-state index in [0.29, 0.717) is 0 Å². The van der Waals surface area contributed by atoms with E-state index >= 15 is 0 Å². The quantitative estimate of drug-likeness (QED) is 0.553. The number of rotatable bonds is 2. The van der Waals surface area contributed by atoms with Crippen LogP contribution >= 0.6 is 0 Å². The molecule has 1 heterocycles. The fourth-order valence-corrected chi connectivity index (χ4v) is 1.68. The van der Waals surface area contributed by atoms with Crippen molar-refractivity contribution in [2.75, 3.05) is 0 Å². The summed E-state index contributed by atoms with van der Waals surface area (Å²) in [6, 6.07) is 2.18. The van der Waals surface area contributed by atoms with Crippen molar-refractivity contribution in [3.8, 4) is 0 Å². The van der Waals surface area contributed by atoms with Crippen LogP contribution in [0, 0.1) is 12.3 Å². The second kappa shape index (κ2) is 3.71. The zero-order valence-electron chi connectivity index (χ0n) is 9.63. The summed E-state index contributed by atoms with van der Waals surface area (Å²) in [6.07, 6.45) is 0. The zero-order chi connectivity index (χ0) is 10.9. The van der Waals surface area contributed by atoms with Gasteiger partial charge < -0.3 is 0 Å². The predicted molar refractivity (Wildman–Crippen MR) is 57.5 cm³/mol. The molecular formula is C10H20N4. The van der Waals surface area contributed by atoms with Gasteiger partial charge in [0.05, 0.1) is 17.4 Å². The van der Waals surface area contributed by atoms with E-state index in [1.807, 2.05) is 18.7 Å². The number of nitrogens with zero attached hydrogens (tertiary/aromatic N) is 2. The molecule has 0 aliphatic heterocycles. The van der Waals surface area contributed by atoms with Crippen LogP contribution in [0.4, 0.5) is 0 Å². The second-order valence-corrected chi connectivity index (χ2v) is 4.80. The van der Waals surface area contributed by atoms with E-state index in [2.05, 4.69) is 37.4 Å². The lowest BCUT2D eigenvalue weighted by atomic mass is 9.85. The molecule has 0 amide bonds. The third-order valence-electron chi connectivity index (χ3n) is 2.37. The minimum absolute atomic E-state index is 0.0784. The Balaban J connectivity index is 3.07. The van der Waals surface area contributed by atoms with Crippen LogP contribution < -0.4 is 11.3 Å². The molecule has 80 valence electrons. The third kappa shape index (κ3) is 2.13.